The molecular weight excluding hydrogens is 298 g/mol. The summed E-state index contributed by atoms with van der Waals surface area (Å²) in [6.07, 6.45) is 1.85. The van der Waals surface area contributed by atoms with Crippen LogP contribution in [-0.2, 0) is 19.9 Å². The van der Waals surface area contributed by atoms with Crippen molar-refractivity contribution < 1.29 is 4.79 Å². The van der Waals surface area contributed by atoms with Crippen LogP contribution < -0.4 is 5.32 Å². The van der Waals surface area contributed by atoms with Gasteiger partial charge in [-0.3, -0.25) is 9.48 Å². The van der Waals surface area contributed by atoms with Gasteiger partial charge in [0.05, 0.1) is 5.69 Å². The third-order valence-corrected chi connectivity index (χ3v) is 5.46. The number of aryl methyl sites for hydroxylation is 1. The minimum absolute atomic E-state index is 0.0662. The lowest BCUT2D eigenvalue weighted by atomic mass is 9.80. The molecule has 4 heteroatoms. The normalized spacial score (nSPS) is 13.0. The Morgan fingerprint density at radius 3 is 2.21 bits per heavy atom. The Morgan fingerprint density at radius 1 is 1.00 bits per heavy atom. The van der Waals surface area contributed by atoms with E-state index in [1.54, 1.807) is 0 Å². The fraction of sp³-hybridized carbons (Fsp3) is 0.500. The summed E-state index contributed by atoms with van der Waals surface area (Å²) in [4.78, 5) is 12.5. The lowest BCUT2D eigenvalue weighted by Gasteiger charge is -2.25. The van der Waals surface area contributed by atoms with E-state index in [4.69, 9.17) is 0 Å². The Kier molecular flexibility index (Phi) is 4.02. The van der Waals surface area contributed by atoms with Crippen molar-refractivity contribution in [2.75, 3.05) is 0 Å². The first-order valence-electron chi connectivity index (χ1n) is 8.70. The Labute approximate surface area is 144 Å². The van der Waals surface area contributed by atoms with E-state index in [1.165, 1.54) is 33.4 Å². The summed E-state index contributed by atoms with van der Waals surface area (Å²) in [7, 11) is 1.95. The summed E-state index contributed by atoms with van der Waals surface area (Å²) in [5, 5.41) is 7.55. The first-order valence-corrected chi connectivity index (χ1v) is 8.70. The number of amides is 1. The fourth-order valence-electron chi connectivity index (χ4n) is 3.90. The number of benzene rings is 1. The standard InChI is InChI=1S/C20H27N3O/c1-10(2)21-20(24)18-16-9-8-15-13(5)11(3)12(4)14(6)17(15)19(16)23(7)22-18/h10H,8-9H2,1-7H3,(H,21,24). The summed E-state index contributed by atoms with van der Waals surface area (Å²) in [5.74, 6) is -0.0662. The van der Waals surface area contributed by atoms with Crippen LogP contribution in [0.15, 0.2) is 0 Å². The minimum Gasteiger partial charge on any atom is -0.348 e. The van der Waals surface area contributed by atoms with E-state index in [2.05, 4.69) is 38.1 Å². The minimum atomic E-state index is -0.0662. The number of rotatable bonds is 2. The molecule has 0 radical (unpaired) electrons. The third-order valence-electron chi connectivity index (χ3n) is 5.46. The van der Waals surface area contributed by atoms with Crippen LogP contribution in [0, 0.1) is 27.7 Å². The van der Waals surface area contributed by atoms with Gasteiger partial charge >= 0.3 is 0 Å². The predicted molar refractivity (Wildman–Crippen MR) is 97.6 cm³/mol. The van der Waals surface area contributed by atoms with Gasteiger partial charge in [-0.25, -0.2) is 0 Å². The molecule has 0 spiro atoms. The van der Waals surface area contributed by atoms with Crippen LogP contribution in [0.2, 0.25) is 0 Å². The SMILES string of the molecule is Cc1c(C)c(C)c2c(c1C)CCc1c(C(=O)NC(C)C)nn(C)c1-2. The molecule has 1 N–H and O–H groups in total. The van der Waals surface area contributed by atoms with E-state index in [0.29, 0.717) is 5.69 Å². The molecule has 1 aliphatic carbocycles. The van der Waals surface area contributed by atoms with Gasteiger partial charge < -0.3 is 5.32 Å². The molecule has 0 saturated carbocycles. The number of hydrogen-bond acceptors (Lipinski definition) is 2. The van der Waals surface area contributed by atoms with Gasteiger partial charge in [-0.05, 0) is 82.2 Å². The number of carbonyl (C=O) groups is 1. The van der Waals surface area contributed by atoms with Gasteiger partial charge in [0.15, 0.2) is 5.69 Å². The van der Waals surface area contributed by atoms with E-state index < -0.39 is 0 Å². The lowest BCUT2D eigenvalue weighted by Crippen LogP contribution is -2.31. The van der Waals surface area contributed by atoms with Crippen molar-refractivity contribution in [3.63, 3.8) is 0 Å². The number of fused-ring (bicyclic) bond motifs is 3. The Bertz CT molecular complexity index is 844. The van der Waals surface area contributed by atoms with Crippen molar-refractivity contribution in [3.05, 3.63) is 39.1 Å². The number of carbonyl (C=O) groups excluding carboxylic acids is 1. The molecule has 0 unspecified atom stereocenters. The highest BCUT2D eigenvalue weighted by molar-refractivity contribution is 5.96. The molecule has 0 atom stereocenters. The maximum Gasteiger partial charge on any atom is 0.272 e. The van der Waals surface area contributed by atoms with Crippen molar-refractivity contribution in [1.82, 2.24) is 15.1 Å². The summed E-state index contributed by atoms with van der Waals surface area (Å²) >= 11 is 0. The zero-order valence-electron chi connectivity index (χ0n) is 15.8. The maximum atomic E-state index is 12.5. The van der Waals surface area contributed by atoms with E-state index >= 15 is 0 Å². The Balaban J connectivity index is 2.24. The first-order chi connectivity index (χ1) is 11.2. The van der Waals surface area contributed by atoms with Crippen LogP contribution in [0.4, 0.5) is 0 Å². The molecule has 0 saturated heterocycles. The van der Waals surface area contributed by atoms with Crippen molar-refractivity contribution in [2.24, 2.45) is 7.05 Å². The van der Waals surface area contributed by atoms with Crippen LogP contribution >= 0.6 is 0 Å². The second-order valence-corrected chi connectivity index (χ2v) is 7.28. The third kappa shape index (κ3) is 2.36. The lowest BCUT2D eigenvalue weighted by molar-refractivity contribution is 0.0936. The molecule has 0 fully saturated rings. The van der Waals surface area contributed by atoms with Gasteiger partial charge in [0.25, 0.3) is 5.91 Å². The number of nitrogens with one attached hydrogen (secondary N) is 1. The van der Waals surface area contributed by atoms with Crippen LogP contribution in [0.5, 0.6) is 0 Å². The molecule has 24 heavy (non-hydrogen) atoms. The molecule has 1 aliphatic rings. The van der Waals surface area contributed by atoms with Crippen LogP contribution in [-0.4, -0.2) is 21.7 Å². The van der Waals surface area contributed by atoms with Crippen molar-refractivity contribution in [3.8, 4) is 11.3 Å². The summed E-state index contributed by atoms with van der Waals surface area (Å²) < 4.78 is 1.89. The molecule has 128 valence electrons. The van der Waals surface area contributed by atoms with Gasteiger partial charge in [0.1, 0.15) is 0 Å². The Morgan fingerprint density at radius 2 is 1.58 bits per heavy atom. The van der Waals surface area contributed by atoms with Crippen molar-refractivity contribution in [2.45, 2.75) is 60.4 Å². The van der Waals surface area contributed by atoms with Gasteiger partial charge in [0.2, 0.25) is 0 Å². The maximum absolute atomic E-state index is 12.5. The molecule has 4 nitrogen and oxygen atoms in total. The van der Waals surface area contributed by atoms with Gasteiger partial charge in [0, 0.05) is 24.2 Å². The van der Waals surface area contributed by atoms with Crippen LogP contribution in [0.25, 0.3) is 11.3 Å². The predicted octanol–water partition coefficient (Wildman–Crippen LogP) is 3.56. The Hall–Kier alpha value is -2.10. The first kappa shape index (κ1) is 16.7. The van der Waals surface area contributed by atoms with Gasteiger partial charge in [-0.15, -0.1) is 0 Å². The monoisotopic (exact) mass is 325 g/mol. The highest BCUT2D eigenvalue weighted by Crippen LogP contribution is 2.41. The van der Waals surface area contributed by atoms with Crippen molar-refractivity contribution >= 4 is 5.91 Å². The molecule has 1 amide bonds. The van der Waals surface area contributed by atoms with Crippen LogP contribution in [0.1, 0.15) is 57.7 Å². The molecule has 0 bridgehead atoms. The number of nitrogens with zero attached hydrogens (tertiary/aromatic N) is 2. The second-order valence-electron chi connectivity index (χ2n) is 7.28. The van der Waals surface area contributed by atoms with E-state index in [-0.39, 0.29) is 11.9 Å². The molecular formula is C20H27N3O. The number of aromatic nitrogens is 2. The molecule has 1 aromatic heterocycles. The zero-order valence-corrected chi connectivity index (χ0v) is 15.8. The topological polar surface area (TPSA) is 46.9 Å². The van der Waals surface area contributed by atoms with Gasteiger partial charge in [-0.2, -0.15) is 5.10 Å². The summed E-state index contributed by atoms with van der Waals surface area (Å²) in [6, 6.07) is 0.111. The molecule has 1 heterocycles. The average Bonchev–Trinajstić information content (AvgIpc) is 2.87. The summed E-state index contributed by atoms with van der Waals surface area (Å²) in [6.45, 7) is 12.8. The quantitative estimate of drug-likeness (QED) is 0.918. The van der Waals surface area contributed by atoms with Gasteiger partial charge in [-0.1, -0.05) is 0 Å². The van der Waals surface area contributed by atoms with E-state index in [9.17, 15) is 4.79 Å². The average molecular weight is 325 g/mol. The molecule has 0 aliphatic heterocycles. The smallest absolute Gasteiger partial charge is 0.272 e. The van der Waals surface area contributed by atoms with Crippen LogP contribution in [0.3, 0.4) is 0 Å². The molecule has 3 rings (SSSR count). The number of hydrogen-bond donors (Lipinski definition) is 1. The largest absolute Gasteiger partial charge is 0.348 e. The summed E-state index contributed by atoms with van der Waals surface area (Å²) in [5.41, 5.74) is 10.9. The highest BCUT2D eigenvalue weighted by Gasteiger charge is 2.30. The van der Waals surface area contributed by atoms with E-state index in [0.717, 1.165) is 24.1 Å². The van der Waals surface area contributed by atoms with E-state index in [1.807, 2.05) is 25.6 Å². The molecule has 1 aromatic carbocycles. The zero-order chi connectivity index (χ0) is 17.8. The second kappa shape index (κ2) is 5.76. The molecule has 2 aromatic rings. The van der Waals surface area contributed by atoms with Crippen molar-refractivity contribution in [1.29, 1.82) is 0 Å². The highest BCUT2D eigenvalue weighted by atomic mass is 16.2. The fourth-order valence-corrected chi connectivity index (χ4v) is 3.90.